The number of urea groups is 1. The first kappa shape index (κ1) is 16.2. The van der Waals surface area contributed by atoms with Gasteiger partial charge in [-0.25, -0.2) is 4.79 Å². The van der Waals surface area contributed by atoms with Crippen molar-refractivity contribution in [1.29, 1.82) is 0 Å². The summed E-state index contributed by atoms with van der Waals surface area (Å²) >= 11 is 5.87. The summed E-state index contributed by atoms with van der Waals surface area (Å²) in [4.78, 5) is 11.9. The zero-order chi connectivity index (χ0) is 15.9. The summed E-state index contributed by atoms with van der Waals surface area (Å²) in [6.45, 7) is 4.86. The summed E-state index contributed by atoms with van der Waals surface area (Å²) in [7, 11) is 0. The standard InChI is InChI=1S/C17H19ClN2O2/c1-12(2)11-22-16-8-6-14(7-9-16)19-17(21)20-15-5-3-4-13(18)10-15/h3-10,12H,11H2,1-2H3,(H2,19,20,21). The first-order chi connectivity index (χ1) is 10.5. The van der Waals surface area contributed by atoms with Crippen molar-refractivity contribution in [2.45, 2.75) is 13.8 Å². The van der Waals surface area contributed by atoms with Gasteiger partial charge in [-0.1, -0.05) is 31.5 Å². The minimum Gasteiger partial charge on any atom is -0.493 e. The molecule has 2 aromatic rings. The number of amides is 2. The number of anilines is 2. The van der Waals surface area contributed by atoms with Crippen molar-refractivity contribution in [3.05, 3.63) is 53.6 Å². The quantitative estimate of drug-likeness (QED) is 0.813. The Bertz CT molecular complexity index is 627. The van der Waals surface area contributed by atoms with Gasteiger partial charge in [0.15, 0.2) is 0 Å². The van der Waals surface area contributed by atoms with Gasteiger partial charge in [0.1, 0.15) is 5.75 Å². The minimum absolute atomic E-state index is 0.321. The highest BCUT2D eigenvalue weighted by atomic mass is 35.5. The lowest BCUT2D eigenvalue weighted by molar-refractivity contribution is 0.262. The van der Waals surface area contributed by atoms with Gasteiger partial charge in [0.2, 0.25) is 0 Å². The van der Waals surface area contributed by atoms with Crippen LogP contribution in [0.4, 0.5) is 16.2 Å². The fourth-order valence-corrected chi connectivity index (χ4v) is 1.95. The van der Waals surface area contributed by atoms with E-state index in [2.05, 4.69) is 24.5 Å². The zero-order valence-electron chi connectivity index (χ0n) is 12.6. The second-order valence-corrected chi connectivity index (χ2v) is 5.76. The molecule has 2 N–H and O–H groups in total. The Morgan fingerprint density at radius 2 is 1.77 bits per heavy atom. The highest BCUT2D eigenvalue weighted by Crippen LogP contribution is 2.18. The molecule has 0 aromatic heterocycles. The van der Waals surface area contributed by atoms with Crippen molar-refractivity contribution in [3.8, 4) is 5.75 Å². The molecule has 0 bridgehead atoms. The zero-order valence-corrected chi connectivity index (χ0v) is 13.4. The minimum atomic E-state index is -0.321. The Labute approximate surface area is 135 Å². The molecule has 0 heterocycles. The Balaban J connectivity index is 1.89. The van der Waals surface area contributed by atoms with Crippen molar-refractivity contribution in [2.75, 3.05) is 17.2 Å². The van der Waals surface area contributed by atoms with E-state index in [-0.39, 0.29) is 6.03 Å². The van der Waals surface area contributed by atoms with Crippen LogP contribution in [0.15, 0.2) is 48.5 Å². The molecular weight excluding hydrogens is 300 g/mol. The van der Waals surface area contributed by atoms with Crippen LogP contribution < -0.4 is 15.4 Å². The van der Waals surface area contributed by atoms with E-state index in [1.54, 1.807) is 36.4 Å². The monoisotopic (exact) mass is 318 g/mol. The van der Waals surface area contributed by atoms with Gasteiger partial charge < -0.3 is 15.4 Å². The van der Waals surface area contributed by atoms with Crippen molar-refractivity contribution in [1.82, 2.24) is 0 Å². The molecule has 22 heavy (non-hydrogen) atoms. The van der Waals surface area contributed by atoms with Crippen molar-refractivity contribution in [2.24, 2.45) is 5.92 Å². The molecule has 2 amide bonds. The van der Waals surface area contributed by atoms with E-state index in [1.165, 1.54) is 0 Å². The highest BCUT2D eigenvalue weighted by molar-refractivity contribution is 6.30. The molecular formula is C17H19ClN2O2. The number of rotatable bonds is 5. The average Bonchev–Trinajstić information content (AvgIpc) is 2.46. The van der Waals surface area contributed by atoms with Crippen molar-refractivity contribution in [3.63, 3.8) is 0 Å². The van der Waals surface area contributed by atoms with Crippen LogP contribution in [0.25, 0.3) is 0 Å². The van der Waals surface area contributed by atoms with Crippen LogP contribution in [0.5, 0.6) is 5.75 Å². The topological polar surface area (TPSA) is 50.4 Å². The number of carbonyl (C=O) groups excluding carboxylic acids is 1. The van der Waals surface area contributed by atoms with E-state index in [1.807, 2.05) is 12.1 Å². The number of benzene rings is 2. The van der Waals surface area contributed by atoms with E-state index in [9.17, 15) is 4.79 Å². The van der Waals surface area contributed by atoms with Crippen LogP contribution in [0.1, 0.15) is 13.8 Å². The lowest BCUT2D eigenvalue weighted by Crippen LogP contribution is -2.19. The lowest BCUT2D eigenvalue weighted by atomic mass is 10.2. The average molecular weight is 319 g/mol. The largest absolute Gasteiger partial charge is 0.493 e. The Morgan fingerprint density at radius 1 is 1.09 bits per heavy atom. The molecule has 2 rings (SSSR count). The van der Waals surface area contributed by atoms with Gasteiger partial charge in [0.05, 0.1) is 6.61 Å². The fourth-order valence-electron chi connectivity index (χ4n) is 1.76. The Hall–Kier alpha value is -2.20. The van der Waals surface area contributed by atoms with E-state index in [0.717, 1.165) is 5.75 Å². The van der Waals surface area contributed by atoms with Gasteiger partial charge >= 0.3 is 6.03 Å². The number of hydrogen-bond acceptors (Lipinski definition) is 2. The Morgan fingerprint density at radius 3 is 2.41 bits per heavy atom. The van der Waals surface area contributed by atoms with E-state index in [0.29, 0.717) is 28.9 Å². The molecule has 0 atom stereocenters. The van der Waals surface area contributed by atoms with Crippen LogP contribution in [0.3, 0.4) is 0 Å². The molecule has 2 aromatic carbocycles. The molecule has 0 aliphatic heterocycles. The number of ether oxygens (including phenoxy) is 1. The van der Waals surface area contributed by atoms with Crippen LogP contribution in [-0.2, 0) is 0 Å². The van der Waals surface area contributed by atoms with Crippen LogP contribution in [0, 0.1) is 5.92 Å². The second kappa shape index (κ2) is 7.71. The third-order valence-corrected chi connectivity index (χ3v) is 3.01. The number of carbonyl (C=O) groups is 1. The molecule has 0 fully saturated rings. The summed E-state index contributed by atoms with van der Waals surface area (Å²) in [6, 6.07) is 13.9. The number of nitrogens with one attached hydrogen (secondary N) is 2. The first-order valence-corrected chi connectivity index (χ1v) is 7.47. The third kappa shape index (κ3) is 5.30. The molecule has 0 spiro atoms. The van der Waals surface area contributed by atoms with E-state index in [4.69, 9.17) is 16.3 Å². The van der Waals surface area contributed by atoms with Gasteiger partial charge in [0, 0.05) is 16.4 Å². The predicted octanol–water partition coefficient (Wildman–Crippen LogP) is 5.02. The van der Waals surface area contributed by atoms with Crippen LogP contribution >= 0.6 is 11.6 Å². The third-order valence-electron chi connectivity index (χ3n) is 2.78. The molecule has 0 saturated carbocycles. The van der Waals surface area contributed by atoms with Gasteiger partial charge in [-0.05, 0) is 48.4 Å². The molecule has 116 valence electrons. The molecule has 0 aliphatic carbocycles. The number of halogens is 1. The van der Waals surface area contributed by atoms with E-state index < -0.39 is 0 Å². The summed E-state index contributed by atoms with van der Waals surface area (Å²) in [5.74, 6) is 1.26. The predicted molar refractivity (Wildman–Crippen MR) is 90.9 cm³/mol. The Kier molecular flexibility index (Phi) is 5.67. The molecule has 0 radical (unpaired) electrons. The maximum absolute atomic E-state index is 11.9. The number of hydrogen-bond donors (Lipinski definition) is 2. The fraction of sp³-hybridized carbons (Fsp3) is 0.235. The molecule has 0 unspecified atom stereocenters. The van der Waals surface area contributed by atoms with Gasteiger partial charge in [0.25, 0.3) is 0 Å². The summed E-state index contributed by atoms with van der Waals surface area (Å²) < 4.78 is 5.59. The van der Waals surface area contributed by atoms with Gasteiger partial charge in [-0.3, -0.25) is 0 Å². The smallest absolute Gasteiger partial charge is 0.323 e. The first-order valence-electron chi connectivity index (χ1n) is 7.09. The van der Waals surface area contributed by atoms with Crippen LogP contribution in [0.2, 0.25) is 5.02 Å². The van der Waals surface area contributed by atoms with Crippen molar-refractivity contribution < 1.29 is 9.53 Å². The van der Waals surface area contributed by atoms with Gasteiger partial charge in [-0.15, -0.1) is 0 Å². The maximum Gasteiger partial charge on any atom is 0.323 e. The van der Waals surface area contributed by atoms with Crippen LogP contribution in [-0.4, -0.2) is 12.6 Å². The summed E-state index contributed by atoms with van der Waals surface area (Å²) in [5.41, 5.74) is 1.33. The van der Waals surface area contributed by atoms with E-state index >= 15 is 0 Å². The maximum atomic E-state index is 11.9. The summed E-state index contributed by atoms with van der Waals surface area (Å²) in [6.07, 6.45) is 0. The SMILES string of the molecule is CC(C)COc1ccc(NC(=O)Nc2cccc(Cl)c2)cc1. The molecule has 0 aliphatic rings. The summed E-state index contributed by atoms with van der Waals surface area (Å²) in [5, 5.41) is 6.05. The normalized spacial score (nSPS) is 10.4. The second-order valence-electron chi connectivity index (χ2n) is 5.32. The molecule has 0 saturated heterocycles. The highest BCUT2D eigenvalue weighted by Gasteiger charge is 2.04. The van der Waals surface area contributed by atoms with Crippen molar-refractivity contribution >= 4 is 29.0 Å². The molecule has 4 nitrogen and oxygen atoms in total. The lowest BCUT2D eigenvalue weighted by Gasteiger charge is -2.10. The molecule has 5 heteroatoms. The van der Waals surface area contributed by atoms with Gasteiger partial charge in [-0.2, -0.15) is 0 Å².